The first-order valence-corrected chi connectivity index (χ1v) is 5.66. The van der Waals surface area contributed by atoms with E-state index in [0.717, 1.165) is 17.0 Å². The third-order valence-electron chi connectivity index (χ3n) is 2.23. The first-order valence-electron chi connectivity index (χ1n) is 3.81. The summed E-state index contributed by atoms with van der Waals surface area (Å²) in [4.78, 5) is 11.3. The predicted octanol–water partition coefficient (Wildman–Crippen LogP) is 0.0604. The van der Waals surface area contributed by atoms with Crippen LogP contribution in [0.2, 0.25) is 0 Å². The molecule has 0 heterocycles. The van der Waals surface area contributed by atoms with Crippen LogP contribution in [0.25, 0.3) is 0 Å². The van der Waals surface area contributed by atoms with Crippen LogP contribution in [-0.2, 0) is 14.8 Å². The van der Waals surface area contributed by atoms with Gasteiger partial charge in [-0.2, -0.15) is 0 Å². The van der Waals surface area contributed by atoms with Crippen molar-refractivity contribution in [1.29, 1.82) is 0 Å². The van der Waals surface area contributed by atoms with Gasteiger partial charge in [-0.1, -0.05) is 6.92 Å². The highest BCUT2D eigenvalue weighted by molar-refractivity contribution is 7.88. The number of nitrogens with zero attached hydrogens (tertiary/aromatic N) is 1. The van der Waals surface area contributed by atoms with E-state index in [2.05, 4.69) is 0 Å². The van der Waals surface area contributed by atoms with E-state index in [1.807, 2.05) is 6.92 Å². The Balaban J connectivity index is 2.66. The molecule has 1 saturated carbocycles. The van der Waals surface area contributed by atoms with Gasteiger partial charge in [0.05, 0.1) is 6.26 Å². The third-order valence-corrected chi connectivity index (χ3v) is 3.41. The molecule has 0 unspecified atom stereocenters. The average molecular weight is 191 g/mol. The smallest absolute Gasteiger partial charge is 0.239 e. The summed E-state index contributed by atoms with van der Waals surface area (Å²) in [5, 5.41) is 0. The molecular weight excluding hydrogens is 178 g/mol. The van der Waals surface area contributed by atoms with E-state index in [-0.39, 0.29) is 11.8 Å². The molecule has 0 bridgehead atoms. The maximum Gasteiger partial charge on any atom is 0.239 e. The first-order chi connectivity index (χ1) is 5.34. The summed E-state index contributed by atoms with van der Waals surface area (Å²) < 4.78 is 22.7. The topological polar surface area (TPSA) is 54.5 Å². The maximum absolute atomic E-state index is 11.3. The molecule has 70 valence electrons. The number of sulfonamides is 1. The summed E-state index contributed by atoms with van der Waals surface area (Å²) in [7, 11) is -2.04. The molecule has 0 aliphatic heterocycles. The van der Waals surface area contributed by atoms with Crippen molar-refractivity contribution in [2.24, 2.45) is 11.8 Å². The van der Waals surface area contributed by atoms with Gasteiger partial charge < -0.3 is 0 Å². The van der Waals surface area contributed by atoms with Crippen molar-refractivity contribution in [3.63, 3.8) is 0 Å². The second-order valence-electron chi connectivity index (χ2n) is 3.39. The Bertz CT molecular complexity index is 296. The molecule has 0 radical (unpaired) electrons. The Labute approximate surface area is 72.6 Å². The van der Waals surface area contributed by atoms with E-state index in [4.69, 9.17) is 0 Å². The molecule has 0 spiro atoms. The van der Waals surface area contributed by atoms with Crippen molar-refractivity contribution in [2.75, 3.05) is 13.3 Å². The van der Waals surface area contributed by atoms with E-state index in [1.165, 1.54) is 7.05 Å². The van der Waals surface area contributed by atoms with Crippen LogP contribution in [0.15, 0.2) is 0 Å². The first kappa shape index (κ1) is 9.51. The quantitative estimate of drug-likeness (QED) is 0.620. The van der Waals surface area contributed by atoms with E-state index < -0.39 is 10.0 Å². The van der Waals surface area contributed by atoms with Crippen molar-refractivity contribution < 1.29 is 13.2 Å². The van der Waals surface area contributed by atoms with Gasteiger partial charge in [0.1, 0.15) is 0 Å². The SMILES string of the molecule is C[C@@H]1C[C@H]1C(=O)N(C)S(C)(=O)=O. The molecule has 4 nitrogen and oxygen atoms in total. The lowest BCUT2D eigenvalue weighted by molar-refractivity contribution is -0.127. The lowest BCUT2D eigenvalue weighted by Gasteiger charge is -2.13. The highest BCUT2D eigenvalue weighted by Crippen LogP contribution is 2.39. The fourth-order valence-corrected chi connectivity index (χ4v) is 1.53. The van der Waals surface area contributed by atoms with Gasteiger partial charge in [-0.15, -0.1) is 0 Å². The van der Waals surface area contributed by atoms with Gasteiger partial charge >= 0.3 is 0 Å². The van der Waals surface area contributed by atoms with Crippen molar-refractivity contribution in [3.8, 4) is 0 Å². The molecule has 0 N–H and O–H groups in total. The van der Waals surface area contributed by atoms with Crippen molar-refractivity contribution in [1.82, 2.24) is 4.31 Å². The summed E-state index contributed by atoms with van der Waals surface area (Å²) in [6.07, 6.45) is 1.86. The third kappa shape index (κ3) is 1.77. The average Bonchev–Trinajstić information content (AvgIpc) is 2.62. The highest BCUT2D eigenvalue weighted by Gasteiger charge is 2.42. The van der Waals surface area contributed by atoms with E-state index in [1.54, 1.807) is 0 Å². The molecule has 0 saturated heterocycles. The number of rotatable bonds is 2. The number of amides is 1. The summed E-state index contributed by atoms with van der Waals surface area (Å²) in [6.45, 7) is 1.94. The lowest BCUT2D eigenvalue weighted by atomic mass is 10.3. The van der Waals surface area contributed by atoms with Crippen LogP contribution >= 0.6 is 0 Å². The number of hydrogen-bond donors (Lipinski definition) is 0. The summed E-state index contributed by atoms with van der Waals surface area (Å²) in [5.74, 6) is 0.0106. The monoisotopic (exact) mass is 191 g/mol. The Morgan fingerprint density at radius 2 is 1.92 bits per heavy atom. The zero-order chi connectivity index (χ0) is 9.52. The fourth-order valence-electron chi connectivity index (χ4n) is 1.06. The van der Waals surface area contributed by atoms with Crippen LogP contribution in [-0.4, -0.2) is 31.9 Å². The summed E-state index contributed by atoms with van der Waals surface area (Å²) in [5.41, 5.74) is 0. The van der Waals surface area contributed by atoms with Gasteiger partial charge in [-0.3, -0.25) is 4.79 Å². The van der Waals surface area contributed by atoms with Gasteiger partial charge in [0.25, 0.3) is 0 Å². The van der Waals surface area contributed by atoms with Crippen LogP contribution in [0.1, 0.15) is 13.3 Å². The second kappa shape index (κ2) is 2.73. The zero-order valence-corrected chi connectivity index (χ0v) is 8.26. The zero-order valence-electron chi connectivity index (χ0n) is 7.44. The molecule has 2 atom stereocenters. The van der Waals surface area contributed by atoms with E-state index >= 15 is 0 Å². The molecule has 1 amide bonds. The van der Waals surface area contributed by atoms with Crippen molar-refractivity contribution >= 4 is 15.9 Å². The van der Waals surface area contributed by atoms with Crippen LogP contribution in [0.4, 0.5) is 0 Å². The van der Waals surface area contributed by atoms with E-state index in [0.29, 0.717) is 5.92 Å². The summed E-state index contributed by atoms with van der Waals surface area (Å²) in [6, 6.07) is 0. The van der Waals surface area contributed by atoms with Crippen LogP contribution < -0.4 is 0 Å². The minimum atomic E-state index is -3.35. The predicted molar refractivity (Wildman–Crippen MR) is 44.9 cm³/mol. The molecule has 1 aliphatic rings. The maximum atomic E-state index is 11.3. The largest absolute Gasteiger partial charge is 0.273 e. The minimum absolute atomic E-state index is 0.0651. The molecule has 0 aromatic rings. The normalized spacial score (nSPS) is 28.2. The van der Waals surface area contributed by atoms with Gasteiger partial charge in [0, 0.05) is 13.0 Å². The molecular formula is C7H13NO3S. The van der Waals surface area contributed by atoms with Gasteiger partial charge in [-0.25, -0.2) is 12.7 Å². The van der Waals surface area contributed by atoms with Crippen LogP contribution in [0, 0.1) is 11.8 Å². The van der Waals surface area contributed by atoms with Gasteiger partial charge in [0.15, 0.2) is 0 Å². The molecule has 1 rings (SSSR count). The van der Waals surface area contributed by atoms with E-state index in [9.17, 15) is 13.2 Å². The minimum Gasteiger partial charge on any atom is -0.273 e. The number of carbonyl (C=O) groups excluding carboxylic acids is 1. The highest BCUT2D eigenvalue weighted by atomic mass is 32.2. The number of hydrogen-bond acceptors (Lipinski definition) is 3. The molecule has 0 aromatic heterocycles. The second-order valence-corrected chi connectivity index (χ2v) is 5.40. The molecule has 12 heavy (non-hydrogen) atoms. The Hall–Kier alpha value is -0.580. The van der Waals surface area contributed by atoms with Gasteiger partial charge in [0.2, 0.25) is 15.9 Å². The lowest BCUT2D eigenvalue weighted by Crippen LogP contribution is -2.33. The van der Waals surface area contributed by atoms with Crippen LogP contribution in [0.3, 0.4) is 0 Å². The molecule has 1 aliphatic carbocycles. The van der Waals surface area contributed by atoms with Crippen molar-refractivity contribution in [2.45, 2.75) is 13.3 Å². The Morgan fingerprint density at radius 1 is 1.50 bits per heavy atom. The van der Waals surface area contributed by atoms with Crippen LogP contribution in [0.5, 0.6) is 0 Å². The standard InChI is InChI=1S/C7H13NO3S/c1-5-4-6(5)7(9)8(2)12(3,10)11/h5-6H,4H2,1-3H3/t5-,6-/m1/s1. The Kier molecular flexibility index (Phi) is 2.16. The molecule has 1 fully saturated rings. The summed E-state index contributed by atoms with van der Waals surface area (Å²) >= 11 is 0. The Morgan fingerprint density at radius 3 is 2.17 bits per heavy atom. The van der Waals surface area contributed by atoms with Crippen molar-refractivity contribution in [3.05, 3.63) is 0 Å². The van der Waals surface area contributed by atoms with Gasteiger partial charge in [-0.05, 0) is 12.3 Å². The molecule has 5 heteroatoms. The molecule has 0 aromatic carbocycles. The number of carbonyl (C=O) groups is 1. The fraction of sp³-hybridized carbons (Fsp3) is 0.857.